The van der Waals surface area contributed by atoms with Crippen molar-refractivity contribution >= 4 is 27.8 Å². The van der Waals surface area contributed by atoms with Gasteiger partial charge in [0.05, 0.1) is 10.5 Å². The Balaban J connectivity index is 3.13. The third-order valence-corrected chi connectivity index (χ3v) is 5.57. The fraction of sp³-hybridized carbons (Fsp3) is 0.417. The zero-order valence-corrected chi connectivity index (χ0v) is 12.7. The maximum atomic E-state index is 12.3. The fourth-order valence-corrected chi connectivity index (χ4v) is 3.75. The average molecular weight is 303 g/mol. The Bertz CT molecular complexity index is 557. The van der Waals surface area contributed by atoms with Crippen LogP contribution in [0.3, 0.4) is 0 Å². The molecule has 1 unspecified atom stereocenters. The third kappa shape index (κ3) is 3.71. The van der Waals surface area contributed by atoms with E-state index in [1.807, 2.05) is 13.2 Å². The standard InChI is InChI=1S/C12H17NO4S2/c1-9(8-18-3)13(2)19(16,17)11-6-4-5-10(7-11)12(14)15/h4-7,9H,8H2,1-3H3,(H,14,15). The first-order valence-corrected chi connectivity index (χ1v) is 8.44. The van der Waals surface area contributed by atoms with E-state index in [4.69, 9.17) is 5.11 Å². The second kappa shape index (κ2) is 6.40. The Labute approximate surface area is 117 Å². The van der Waals surface area contributed by atoms with Gasteiger partial charge in [-0.25, -0.2) is 13.2 Å². The summed E-state index contributed by atoms with van der Waals surface area (Å²) in [6.07, 6.45) is 1.90. The summed E-state index contributed by atoms with van der Waals surface area (Å²) in [5, 5.41) is 8.90. The zero-order chi connectivity index (χ0) is 14.6. The normalized spacial score (nSPS) is 13.5. The molecule has 106 valence electrons. The van der Waals surface area contributed by atoms with Crippen LogP contribution in [-0.4, -0.2) is 48.9 Å². The average Bonchev–Trinajstić information content (AvgIpc) is 2.38. The number of carboxylic acid groups (broad SMARTS) is 1. The van der Waals surface area contributed by atoms with E-state index in [0.717, 1.165) is 0 Å². The Morgan fingerprint density at radius 2 is 2.11 bits per heavy atom. The topological polar surface area (TPSA) is 74.7 Å². The van der Waals surface area contributed by atoms with E-state index < -0.39 is 16.0 Å². The maximum absolute atomic E-state index is 12.3. The van der Waals surface area contributed by atoms with Crippen molar-refractivity contribution in [3.8, 4) is 0 Å². The van der Waals surface area contributed by atoms with Crippen molar-refractivity contribution < 1.29 is 18.3 Å². The van der Waals surface area contributed by atoms with Gasteiger partial charge in [0, 0.05) is 18.8 Å². The number of thioether (sulfide) groups is 1. The number of hydrogen-bond acceptors (Lipinski definition) is 4. The molecule has 0 spiro atoms. The lowest BCUT2D eigenvalue weighted by molar-refractivity contribution is 0.0696. The molecule has 19 heavy (non-hydrogen) atoms. The van der Waals surface area contributed by atoms with Crippen LogP contribution < -0.4 is 0 Å². The van der Waals surface area contributed by atoms with Crippen LogP contribution in [0.5, 0.6) is 0 Å². The lowest BCUT2D eigenvalue weighted by atomic mass is 10.2. The van der Waals surface area contributed by atoms with Crippen LogP contribution in [0.25, 0.3) is 0 Å². The highest BCUT2D eigenvalue weighted by atomic mass is 32.2. The SMILES string of the molecule is CSCC(C)N(C)S(=O)(=O)c1cccc(C(=O)O)c1. The van der Waals surface area contributed by atoms with Gasteiger partial charge < -0.3 is 5.11 Å². The second-order valence-corrected chi connectivity index (χ2v) is 7.07. The van der Waals surface area contributed by atoms with E-state index in [9.17, 15) is 13.2 Å². The quantitative estimate of drug-likeness (QED) is 0.866. The molecule has 0 aliphatic carbocycles. The van der Waals surface area contributed by atoms with Crippen molar-refractivity contribution in [1.29, 1.82) is 0 Å². The number of benzene rings is 1. The summed E-state index contributed by atoms with van der Waals surface area (Å²) < 4.78 is 26.0. The number of sulfonamides is 1. The molecule has 0 fully saturated rings. The van der Waals surface area contributed by atoms with Gasteiger partial charge in [-0.1, -0.05) is 6.07 Å². The zero-order valence-electron chi connectivity index (χ0n) is 11.0. The van der Waals surface area contributed by atoms with Crippen LogP contribution in [0.1, 0.15) is 17.3 Å². The number of hydrogen-bond donors (Lipinski definition) is 1. The maximum Gasteiger partial charge on any atom is 0.335 e. The van der Waals surface area contributed by atoms with Gasteiger partial charge in [-0.2, -0.15) is 16.1 Å². The summed E-state index contributed by atoms with van der Waals surface area (Å²) in [6.45, 7) is 1.81. The van der Waals surface area contributed by atoms with Crippen LogP contribution in [0.2, 0.25) is 0 Å². The Kier molecular flexibility index (Phi) is 5.39. The minimum atomic E-state index is -3.66. The minimum Gasteiger partial charge on any atom is -0.478 e. The first-order valence-electron chi connectivity index (χ1n) is 5.61. The number of aromatic carboxylic acids is 1. The van der Waals surface area contributed by atoms with E-state index in [0.29, 0.717) is 5.75 Å². The van der Waals surface area contributed by atoms with E-state index >= 15 is 0 Å². The van der Waals surface area contributed by atoms with Gasteiger partial charge in [-0.15, -0.1) is 0 Å². The molecule has 0 radical (unpaired) electrons. The number of rotatable bonds is 6. The molecular weight excluding hydrogens is 286 g/mol. The molecular formula is C12H17NO4S2. The largest absolute Gasteiger partial charge is 0.478 e. The smallest absolute Gasteiger partial charge is 0.335 e. The van der Waals surface area contributed by atoms with E-state index in [1.54, 1.807) is 11.8 Å². The number of carbonyl (C=O) groups is 1. The fourth-order valence-electron chi connectivity index (χ4n) is 1.54. The lowest BCUT2D eigenvalue weighted by Gasteiger charge is -2.23. The minimum absolute atomic E-state index is 0.00264. The van der Waals surface area contributed by atoms with Gasteiger partial charge in [0.1, 0.15) is 0 Å². The van der Waals surface area contributed by atoms with Crippen LogP contribution in [0.4, 0.5) is 0 Å². The van der Waals surface area contributed by atoms with Crippen LogP contribution in [0.15, 0.2) is 29.2 Å². The molecule has 1 N–H and O–H groups in total. The van der Waals surface area contributed by atoms with E-state index in [2.05, 4.69) is 0 Å². The van der Waals surface area contributed by atoms with Crippen molar-refractivity contribution in [1.82, 2.24) is 4.31 Å². The molecule has 0 aliphatic rings. The summed E-state index contributed by atoms with van der Waals surface area (Å²) in [5.41, 5.74) is -0.0352. The molecule has 0 saturated carbocycles. The molecule has 0 bridgehead atoms. The van der Waals surface area contributed by atoms with Crippen molar-refractivity contribution in [2.45, 2.75) is 17.9 Å². The van der Waals surface area contributed by atoms with Gasteiger partial charge in [0.2, 0.25) is 10.0 Å². The molecule has 1 aromatic carbocycles. The highest BCUT2D eigenvalue weighted by Gasteiger charge is 2.25. The number of carboxylic acids is 1. The third-order valence-electron chi connectivity index (χ3n) is 2.79. The summed E-state index contributed by atoms with van der Waals surface area (Å²) in [6, 6.07) is 5.23. The van der Waals surface area contributed by atoms with Gasteiger partial charge in [0.25, 0.3) is 0 Å². The van der Waals surface area contributed by atoms with Crippen LogP contribution >= 0.6 is 11.8 Å². The van der Waals surface area contributed by atoms with Crippen LogP contribution in [-0.2, 0) is 10.0 Å². The van der Waals surface area contributed by atoms with Crippen molar-refractivity contribution in [2.24, 2.45) is 0 Å². The Hall–Kier alpha value is -1.05. The second-order valence-electron chi connectivity index (χ2n) is 4.16. The molecule has 1 aromatic rings. The van der Waals surface area contributed by atoms with Gasteiger partial charge in [0.15, 0.2) is 0 Å². The van der Waals surface area contributed by atoms with Crippen LogP contribution in [0, 0.1) is 0 Å². The summed E-state index contributed by atoms with van der Waals surface area (Å²) in [4.78, 5) is 10.9. The summed E-state index contributed by atoms with van der Waals surface area (Å²) in [5.74, 6) is -0.467. The van der Waals surface area contributed by atoms with Crippen molar-refractivity contribution in [3.05, 3.63) is 29.8 Å². The van der Waals surface area contributed by atoms with Crippen molar-refractivity contribution in [2.75, 3.05) is 19.1 Å². The molecule has 7 heteroatoms. The number of nitrogens with zero attached hydrogens (tertiary/aromatic N) is 1. The molecule has 1 rings (SSSR count). The highest BCUT2D eigenvalue weighted by Crippen LogP contribution is 2.19. The lowest BCUT2D eigenvalue weighted by Crippen LogP contribution is -2.36. The monoisotopic (exact) mass is 303 g/mol. The first-order chi connectivity index (χ1) is 8.80. The van der Waals surface area contributed by atoms with Crippen molar-refractivity contribution in [3.63, 3.8) is 0 Å². The van der Waals surface area contributed by atoms with Gasteiger partial charge >= 0.3 is 5.97 Å². The molecule has 0 aromatic heterocycles. The molecule has 0 aliphatic heterocycles. The Morgan fingerprint density at radius 1 is 1.47 bits per heavy atom. The first kappa shape index (κ1) is 16.0. The summed E-state index contributed by atoms with van der Waals surface area (Å²) >= 11 is 1.56. The molecule has 0 heterocycles. The molecule has 1 atom stereocenters. The Morgan fingerprint density at radius 3 is 2.63 bits per heavy atom. The van der Waals surface area contributed by atoms with Gasteiger partial charge in [-0.05, 0) is 31.4 Å². The molecule has 0 amide bonds. The summed E-state index contributed by atoms with van der Waals surface area (Å²) in [7, 11) is -2.16. The van der Waals surface area contributed by atoms with E-state index in [-0.39, 0.29) is 16.5 Å². The predicted octanol–water partition coefficient (Wildman–Crippen LogP) is 1.76. The highest BCUT2D eigenvalue weighted by molar-refractivity contribution is 7.98. The predicted molar refractivity (Wildman–Crippen MR) is 76.2 cm³/mol. The van der Waals surface area contributed by atoms with E-state index in [1.165, 1.54) is 35.6 Å². The molecule has 5 nitrogen and oxygen atoms in total. The molecule has 0 saturated heterocycles. The van der Waals surface area contributed by atoms with Gasteiger partial charge in [-0.3, -0.25) is 0 Å².